The normalized spacial score (nSPS) is 16.3. The molecule has 4 heterocycles. The Morgan fingerprint density at radius 1 is 1.26 bits per heavy atom. The maximum atomic E-state index is 12.4. The molecule has 1 saturated heterocycles. The summed E-state index contributed by atoms with van der Waals surface area (Å²) < 4.78 is 19.9. The Bertz CT molecular complexity index is 1450. The summed E-state index contributed by atoms with van der Waals surface area (Å²) in [4.78, 5) is 16.7. The van der Waals surface area contributed by atoms with E-state index in [0.717, 1.165) is 69.4 Å². The number of hydrogen-bond donors (Lipinski definition) is 2. The number of benzene rings is 1. The minimum atomic E-state index is -0.721. The van der Waals surface area contributed by atoms with E-state index in [9.17, 15) is 4.79 Å². The van der Waals surface area contributed by atoms with Crippen molar-refractivity contribution in [2.24, 2.45) is 0 Å². The molecule has 2 atom stereocenters. The molecule has 1 aliphatic rings. The van der Waals surface area contributed by atoms with E-state index in [4.69, 9.17) is 30.0 Å². The van der Waals surface area contributed by atoms with Crippen LogP contribution in [-0.4, -0.2) is 86.9 Å². The number of fused-ring (bicyclic) bond motifs is 2. The van der Waals surface area contributed by atoms with Crippen LogP contribution in [0.15, 0.2) is 39.5 Å². The van der Waals surface area contributed by atoms with E-state index in [1.807, 2.05) is 31.3 Å². The van der Waals surface area contributed by atoms with Gasteiger partial charge in [0.1, 0.15) is 0 Å². The van der Waals surface area contributed by atoms with Crippen molar-refractivity contribution in [2.45, 2.75) is 38.0 Å². The summed E-state index contributed by atoms with van der Waals surface area (Å²) in [5, 5.41) is 20.8. The maximum absolute atomic E-state index is 12.4. The molecule has 13 heteroatoms. The van der Waals surface area contributed by atoms with Gasteiger partial charge in [-0.3, -0.25) is 4.57 Å². The van der Waals surface area contributed by atoms with Crippen molar-refractivity contribution < 1.29 is 50.1 Å². The predicted molar refractivity (Wildman–Crippen MR) is 165 cm³/mol. The van der Waals surface area contributed by atoms with Crippen molar-refractivity contribution in [1.82, 2.24) is 14.8 Å². The minimum Gasteiger partial charge on any atom is -0.662 e. The van der Waals surface area contributed by atoms with E-state index < -0.39 is 6.04 Å². The van der Waals surface area contributed by atoms with Crippen molar-refractivity contribution in [3.05, 3.63) is 51.5 Å². The van der Waals surface area contributed by atoms with Gasteiger partial charge in [-0.15, -0.1) is 22.7 Å². The second-order valence-electron chi connectivity index (χ2n) is 10.0. The Morgan fingerprint density at radius 2 is 2.07 bits per heavy atom. The van der Waals surface area contributed by atoms with E-state index in [0.29, 0.717) is 25.2 Å². The molecule has 4 aromatic rings. The van der Waals surface area contributed by atoms with Gasteiger partial charge < -0.3 is 34.9 Å². The summed E-state index contributed by atoms with van der Waals surface area (Å²) in [5.74, 6) is -0.341. The van der Waals surface area contributed by atoms with Crippen molar-refractivity contribution in [3.63, 3.8) is 0 Å². The molecule has 0 amide bonds. The quantitative estimate of drug-likeness (QED) is 0.241. The van der Waals surface area contributed by atoms with Gasteiger partial charge in [0.15, 0.2) is 5.58 Å². The Labute approximate surface area is 277 Å². The molecule has 1 aromatic carbocycles. The Kier molecular flexibility index (Phi) is 14.7. The fourth-order valence-corrected chi connectivity index (χ4v) is 6.94. The van der Waals surface area contributed by atoms with Gasteiger partial charge in [-0.05, 0) is 74.8 Å². The molecular formula is C29H38N5O5S2U-. The number of likely N-dealkylation sites (N-methyl/N-ethyl adjacent to an activating group) is 1. The number of hydrogen-bond acceptors (Lipinski definition) is 10. The fraction of sp³-hybridized carbons (Fsp3) is 0.517. The van der Waals surface area contributed by atoms with Crippen LogP contribution in [0.4, 0.5) is 0 Å². The SMILES string of the molecule is COCCN(C)CCn1c(=O)oc2ccc(-c3cc4sc(CC([NH-])C#N)cc4s3)cc21.OC[C@@H]1CNCCCCO1.[U]. The van der Waals surface area contributed by atoms with Gasteiger partial charge >= 0.3 is 5.76 Å². The van der Waals surface area contributed by atoms with Crippen LogP contribution >= 0.6 is 22.7 Å². The zero-order valence-electron chi connectivity index (χ0n) is 24.1. The molecule has 0 radical (unpaired) electrons. The van der Waals surface area contributed by atoms with Gasteiger partial charge in [0.25, 0.3) is 0 Å². The van der Waals surface area contributed by atoms with Crippen LogP contribution < -0.4 is 11.1 Å². The van der Waals surface area contributed by atoms with Crippen molar-refractivity contribution in [2.75, 3.05) is 60.2 Å². The summed E-state index contributed by atoms with van der Waals surface area (Å²) in [6, 6.07) is 11.3. The summed E-state index contributed by atoms with van der Waals surface area (Å²) in [6.07, 6.45) is 2.76. The molecule has 0 spiro atoms. The standard InChI is InChI=1S/C22H23N4O3S2.C7H15NO2.U/c1-25(7-8-28-2)5-6-26-17-9-14(3-4-18(17)29-22(26)27)19-12-21-20(31-19)11-16(30-21)10-15(24)13-23;9-6-7-5-8-3-1-2-4-10-7;/h3-4,9,11-12,15,24H,5-8,10H2,1-2H3;7-9H,1-6H2;/q-1;;/t;7-;/m.0./s1. The molecule has 0 aliphatic carbocycles. The third kappa shape index (κ3) is 9.73. The second kappa shape index (κ2) is 17.7. The van der Waals surface area contributed by atoms with Gasteiger partial charge in [-0.1, -0.05) is 0 Å². The van der Waals surface area contributed by atoms with Crippen molar-refractivity contribution >= 4 is 43.2 Å². The average molecular weight is 839 g/mol. The van der Waals surface area contributed by atoms with Crippen LogP contribution in [-0.2, 0) is 22.4 Å². The molecule has 1 aliphatic heterocycles. The van der Waals surface area contributed by atoms with Crippen LogP contribution in [0.1, 0.15) is 17.7 Å². The smallest absolute Gasteiger partial charge is 0.419 e. The molecule has 1 fully saturated rings. The zero-order valence-corrected chi connectivity index (χ0v) is 29.9. The van der Waals surface area contributed by atoms with Crippen LogP contribution in [0.2, 0.25) is 0 Å². The van der Waals surface area contributed by atoms with Crippen molar-refractivity contribution in [3.8, 4) is 16.5 Å². The summed E-state index contributed by atoms with van der Waals surface area (Å²) >= 11 is 3.32. The molecule has 0 bridgehead atoms. The molecular weight excluding hydrogens is 801 g/mol. The first-order chi connectivity index (χ1) is 19.9. The Hall–Kier alpha value is -1.55. The number of aliphatic hydroxyl groups excluding tert-OH is 1. The molecule has 42 heavy (non-hydrogen) atoms. The van der Waals surface area contributed by atoms with Gasteiger partial charge in [-0.2, -0.15) is 5.26 Å². The first-order valence-electron chi connectivity index (χ1n) is 13.8. The molecule has 1 unspecified atom stereocenters. The number of nitriles is 1. The van der Waals surface area contributed by atoms with Gasteiger partial charge in [0.05, 0.1) is 24.8 Å². The molecule has 10 nitrogen and oxygen atoms in total. The first-order valence-corrected chi connectivity index (χ1v) is 15.4. The van der Waals surface area contributed by atoms with E-state index in [1.54, 1.807) is 34.4 Å². The minimum absolute atomic E-state index is 0. The number of rotatable bonds is 10. The molecule has 3 N–H and O–H groups in total. The first kappa shape index (κ1) is 34.9. The number of nitrogens with one attached hydrogen (secondary N) is 2. The van der Waals surface area contributed by atoms with Crippen LogP contribution in [0.3, 0.4) is 0 Å². The van der Waals surface area contributed by atoms with Crippen LogP contribution in [0.5, 0.6) is 0 Å². The fourth-order valence-electron chi connectivity index (χ4n) is 4.47. The second-order valence-corrected chi connectivity index (χ2v) is 12.3. The van der Waals surface area contributed by atoms with E-state index in [-0.39, 0.29) is 49.6 Å². The zero-order chi connectivity index (χ0) is 29.2. The van der Waals surface area contributed by atoms with Gasteiger partial charge in [0.2, 0.25) is 0 Å². The molecule has 226 valence electrons. The van der Waals surface area contributed by atoms with Crippen molar-refractivity contribution in [1.29, 1.82) is 5.26 Å². The Balaban J connectivity index is 0.000000374. The number of ether oxygens (including phenoxy) is 2. The summed E-state index contributed by atoms with van der Waals surface area (Å²) in [5.41, 5.74) is 10.1. The van der Waals surface area contributed by atoms with Crippen LogP contribution in [0, 0.1) is 42.4 Å². The van der Waals surface area contributed by atoms with Gasteiger partial charge in [0, 0.05) is 96.2 Å². The third-order valence-electron chi connectivity index (χ3n) is 6.83. The van der Waals surface area contributed by atoms with E-state index in [2.05, 4.69) is 22.3 Å². The number of methoxy groups -OCH3 is 1. The number of thiophene rings is 2. The number of oxazole rings is 1. The largest absolute Gasteiger partial charge is 0.662 e. The van der Waals surface area contributed by atoms with Crippen LogP contribution in [0.25, 0.3) is 36.7 Å². The van der Waals surface area contributed by atoms with Gasteiger partial charge in [-0.25, -0.2) is 4.79 Å². The Morgan fingerprint density at radius 3 is 2.81 bits per heavy atom. The number of nitrogens with zero attached hydrogens (tertiary/aromatic N) is 3. The predicted octanol–water partition coefficient (Wildman–Crippen LogP) is 4.35. The molecule has 3 aromatic heterocycles. The summed E-state index contributed by atoms with van der Waals surface area (Å²) in [6.45, 7) is 5.49. The van der Waals surface area contributed by atoms with E-state index >= 15 is 0 Å². The monoisotopic (exact) mass is 838 g/mol. The number of aliphatic hydroxyl groups is 1. The average Bonchev–Trinajstić information content (AvgIpc) is 3.61. The molecule has 5 rings (SSSR count). The third-order valence-corrected chi connectivity index (χ3v) is 9.20. The number of aromatic nitrogens is 1. The summed E-state index contributed by atoms with van der Waals surface area (Å²) in [7, 11) is 3.68. The maximum Gasteiger partial charge on any atom is 0.419 e. The molecule has 0 saturated carbocycles. The van der Waals surface area contributed by atoms with E-state index in [1.165, 1.54) is 6.42 Å². The topological polar surface area (TPSA) is 137 Å².